The monoisotopic (exact) mass is 409 g/mol. The van der Waals surface area contributed by atoms with Gasteiger partial charge in [0.15, 0.2) is 9.84 Å². The van der Waals surface area contributed by atoms with E-state index in [4.69, 9.17) is 16.3 Å². The highest BCUT2D eigenvalue weighted by Crippen LogP contribution is 2.19. The molecule has 5 nitrogen and oxygen atoms in total. The van der Waals surface area contributed by atoms with Gasteiger partial charge in [-0.05, 0) is 30.5 Å². The van der Waals surface area contributed by atoms with E-state index >= 15 is 0 Å². The topological polar surface area (TPSA) is 72.5 Å². The molecule has 1 N–H and O–H groups in total. The number of ether oxygens (including phenoxy) is 1. The maximum Gasteiger partial charge on any atom is 0.408 e. The fourth-order valence-corrected chi connectivity index (χ4v) is 4.36. The van der Waals surface area contributed by atoms with Crippen LogP contribution in [0.2, 0.25) is 0 Å². The number of carbonyl (C=O) groups is 1. The van der Waals surface area contributed by atoms with E-state index < -0.39 is 21.3 Å². The minimum atomic E-state index is -3.71. The van der Waals surface area contributed by atoms with Crippen LogP contribution in [0, 0.1) is 0 Å². The minimum Gasteiger partial charge on any atom is -0.445 e. The van der Waals surface area contributed by atoms with E-state index in [0.29, 0.717) is 18.7 Å². The van der Waals surface area contributed by atoms with Crippen molar-refractivity contribution in [2.45, 2.75) is 42.6 Å². The average Bonchev–Trinajstić information content (AvgIpc) is 2.70. The Morgan fingerprint density at radius 3 is 2.22 bits per heavy atom. The number of benzene rings is 2. The standard InChI is InChI=1S/C20H24ClNO4S/c21-15-9-3-8-14-19(27(24,25)18-12-6-2-7-13-18)22-20(23)26-16-17-10-4-1-5-11-17/h1-2,4-7,10-13,19H,3,8-9,14-16H2,(H,22,23). The number of nitrogens with one attached hydrogen (secondary N) is 1. The molecule has 0 heterocycles. The lowest BCUT2D eigenvalue weighted by Crippen LogP contribution is -2.41. The molecular formula is C20H24ClNO4S. The Balaban J connectivity index is 2.04. The summed E-state index contributed by atoms with van der Waals surface area (Å²) in [6.45, 7) is 0.0804. The number of halogens is 1. The fraction of sp³-hybridized carbons (Fsp3) is 0.350. The molecule has 1 amide bonds. The molecule has 0 aliphatic rings. The zero-order chi connectivity index (χ0) is 19.5. The van der Waals surface area contributed by atoms with Gasteiger partial charge in [0, 0.05) is 5.88 Å². The number of alkyl halides is 1. The normalized spacial score (nSPS) is 12.3. The van der Waals surface area contributed by atoms with Gasteiger partial charge in [-0.1, -0.05) is 61.4 Å². The lowest BCUT2D eigenvalue weighted by molar-refractivity contribution is 0.138. The number of alkyl carbamates (subject to hydrolysis) is 1. The Bertz CT molecular complexity index is 797. The van der Waals surface area contributed by atoms with Crippen molar-refractivity contribution in [3.63, 3.8) is 0 Å². The zero-order valence-electron chi connectivity index (χ0n) is 15.0. The van der Waals surface area contributed by atoms with Crippen molar-refractivity contribution < 1.29 is 17.9 Å². The quantitative estimate of drug-likeness (QED) is 0.462. The molecule has 1 atom stereocenters. The number of amides is 1. The Morgan fingerprint density at radius 2 is 1.59 bits per heavy atom. The molecule has 0 spiro atoms. The van der Waals surface area contributed by atoms with Crippen LogP contribution >= 0.6 is 11.6 Å². The van der Waals surface area contributed by atoms with Crippen LogP contribution in [-0.2, 0) is 21.2 Å². The van der Waals surface area contributed by atoms with Crippen molar-refractivity contribution >= 4 is 27.5 Å². The number of hydrogen-bond donors (Lipinski definition) is 1. The highest BCUT2D eigenvalue weighted by atomic mass is 35.5. The van der Waals surface area contributed by atoms with Crippen LogP contribution in [-0.4, -0.2) is 25.8 Å². The van der Waals surface area contributed by atoms with E-state index in [1.165, 1.54) is 12.1 Å². The van der Waals surface area contributed by atoms with Gasteiger partial charge in [-0.25, -0.2) is 13.2 Å². The van der Waals surface area contributed by atoms with E-state index in [2.05, 4.69) is 5.32 Å². The second-order valence-corrected chi connectivity index (χ2v) is 8.60. The maximum atomic E-state index is 12.9. The Morgan fingerprint density at radius 1 is 0.963 bits per heavy atom. The average molecular weight is 410 g/mol. The molecular weight excluding hydrogens is 386 g/mol. The van der Waals surface area contributed by atoms with Crippen LogP contribution in [0.3, 0.4) is 0 Å². The second-order valence-electron chi connectivity index (χ2n) is 6.09. The van der Waals surface area contributed by atoms with E-state index in [1.807, 2.05) is 30.3 Å². The molecule has 0 bridgehead atoms. The van der Waals surface area contributed by atoms with Gasteiger partial charge in [0.05, 0.1) is 4.90 Å². The van der Waals surface area contributed by atoms with E-state index in [-0.39, 0.29) is 11.5 Å². The van der Waals surface area contributed by atoms with Crippen molar-refractivity contribution in [1.82, 2.24) is 5.32 Å². The molecule has 7 heteroatoms. The third-order valence-corrected chi connectivity index (χ3v) is 6.34. The summed E-state index contributed by atoms with van der Waals surface area (Å²) in [5, 5.41) is 1.48. The van der Waals surface area contributed by atoms with Crippen LogP contribution in [0.15, 0.2) is 65.6 Å². The Hall–Kier alpha value is -2.05. The van der Waals surface area contributed by atoms with Gasteiger partial charge in [-0.2, -0.15) is 0 Å². The van der Waals surface area contributed by atoms with Gasteiger partial charge in [0.25, 0.3) is 0 Å². The molecule has 2 aromatic rings. The molecule has 27 heavy (non-hydrogen) atoms. The fourth-order valence-electron chi connectivity index (χ4n) is 2.58. The summed E-state index contributed by atoms with van der Waals surface area (Å²) < 4.78 is 31.0. The highest BCUT2D eigenvalue weighted by molar-refractivity contribution is 7.92. The lowest BCUT2D eigenvalue weighted by atomic mass is 10.2. The summed E-state index contributed by atoms with van der Waals surface area (Å²) in [4.78, 5) is 12.4. The number of rotatable bonds is 10. The van der Waals surface area contributed by atoms with Gasteiger partial charge < -0.3 is 10.1 Å². The molecule has 0 fully saturated rings. The Labute approximate surface area is 165 Å². The van der Waals surface area contributed by atoms with Crippen LogP contribution in [0.1, 0.15) is 31.2 Å². The largest absolute Gasteiger partial charge is 0.445 e. The van der Waals surface area contributed by atoms with Crippen LogP contribution < -0.4 is 5.32 Å². The molecule has 0 aliphatic carbocycles. The number of carbonyl (C=O) groups excluding carboxylic acids is 1. The van der Waals surface area contributed by atoms with E-state index in [9.17, 15) is 13.2 Å². The number of hydrogen-bond acceptors (Lipinski definition) is 4. The maximum absolute atomic E-state index is 12.9. The summed E-state index contributed by atoms with van der Waals surface area (Å²) in [7, 11) is -3.71. The van der Waals surface area contributed by atoms with Gasteiger partial charge in [0.1, 0.15) is 12.0 Å². The molecule has 0 saturated carbocycles. The summed E-state index contributed by atoms with van der Waals surface area (Å²) in [5.41, 5.74) is 0.831. The van der Waals surface area contributed by atoms with Gasteiger partial charge >= 0.3 is 6.09 Å². The predicted octanol–water partition coefficient (Wildman–Crippen LogP) is 4.51. The molecule has 1 unspecified atom stereocenters. The lowest BCUT2D eigenvalue weighted by Gasteiger charge is -2.19. The molecule has 0 saturated heterocycles. The number of sulfone groups is 1. The van der Waals surface area contributed by atoms with E-state index in [1.54, 1.807) is 18.2 Å². The highest BCUT2D eigenvalue weighted by Gasteiger charge is 2.29. The predicted molar refractivity (Wildman–Crippen MR) is 106 cm³/mol. The van der Waals surface area contributed by atoms with Crippen molar-refractivity contribution in [3.05, 3.63) is 66.2 Å². The van der Waals surface area contributed by atoms with Crippen LogP contribution in [0.5, 0.6) is 0 Å². The first-order valence-corrected chi connectivity index (χ1v) is 10.9. The van der Waals surface area contributed by atoms with Crippen LogP contribution in [0.25, 0.3) is 0 Å². The first-order chi connectivity index (χ1) is 13.0. The van der Waals surface area contributed by atoms with E-state index in [0.717, 1.165) is 18.4 Å². The molecule has 146 valence electrons. The smallest absolute Gasteiger partial charge is 0.408 e. The zero-order valence-corrected chi connectivity index (χ0v) is 16.6. The first-order valence-electron chi connectivity index (χ1n) is 8.86. The van der Waals surface area contributed by atoms with Crippen molar-refractivity contribution in [1.29, 1.82) is 0 Å². The van der Waals surface area contributed by atoms with Gasteiger partial charge in [-0.15, -0.1) is 11.6 Å². The van der Waals surface area contributed by atoms with Crippen molar-refractivity contribution in [2.24, 2.45) is 0 Å². The van der Waals surface area contributed by atoms with Crippen molar-refractivity contribution in [2.75, 3.05) is 5.88 Å². The third-order valence-electron chi connectivity index (χ3n) is 4.04. The summed E-state index contributed by atoms with van der Waals surface area (Å²) in [6.07, 6.45) is 1.79. The molecule has 2 aromatic carbocycles. The molecule has 0 aromatic heterocycles. The second kappa shape index (κ2) is 10.9. The molecule has 2 rings (SSSR count). The van der Waals surface area contributed by atoms with Crippen molar-refractivity contribution in [3.8, 4) is 0 Å². The third kappa shape index (κ3) is 6.88. The molecule has 0 aliphatic heterocycles. The van der Waals surface area contributed by atoms with Gasteiger partial charge in [-0.3, -0.25) is 0 Å². The van der Waals surface area contributed by atoms with Crippen LogP contribution in [0.4, 0.5) is 4.79 Å². The first kappa shape index (κ1) is 21.3. The molecule has 0 radical (unpaired) electrons. The summed E-state index contributed by atoms with van der Waals surface area (Å²) in [5.74, 6) is 0.530. The summed E-state index contributed by atoms with van der Waals surface area (Å²) in [6, 6.07) is 17.3. The van der Waals surface area contributed by atoms with Gasteiger partial charge in [0.2, 0.25) is 0 Å². The SMILES string of the molecule is O=C(NC(CCCCCCl)S(=O)(=O)c1ccccc1)OCc1ccccc1. The summed E-state index contributed by atoms with van der Waals surface area (Å²) >= 11 is 5.68. The minimum absolute atomic E-state index is 0.0804. The Kier molecular flexibility index (Phi) is 8.61. The number of unbranched alkanes of at least 4 members (excludes halogenated alkanes) is 2.